The van der Waals surface area contributed by atoms with Gasteiger partial charge in [-0.2, -0.15) is 0 Å². The zero-order chi connectivity index (χ0) is 15.4. The van der Waals surface area contributed by atoms with Gasteiger partial charge in [0, 0.05) is 17.6 Å². The highest BCUT2D eigenvalue weighted by atomic mass is 79.9. The molecule has 2 nitrogen and oxygen atoms in total. The lowest BCUT2D eigenvalue weighted by molar-refractivity contribution is 0.253. The van der Waals surface area contributed by atoms with Crippen LogP contribution >= 0.6 is 27.5 Å². The van der Waals surface area contributed by atoms with Gasteiger partial charge in [0.15, 0.2) is 0 Å². The van der Waals surface area contributed by atoms with Crippen molar-refractivity contribution in [1.29, 1.82) is 0 Å². The first-order valence-corrected chi connectivity index (χ1v) is 7.97. The van der Waals surface area contributed by atoms with Crippen LogP contribution in [0, 0.1) is 0 Å². The Morgan fingerprint density at radius 1 is 1.24 bits per heavy atom. The minimum absolute atomic E-state index is 0.250. The van der Waals surface area contributed by atoms with Crippen molar-refractivity contribution in [2.45, 2.75) is 19.5 Å². The molecule has 0 amide bonds. The normalized spacial score (nSPS) is 12.5. The minimum atomic E-state index is 0.250. The summed E-state index contributed by atoms with van der Waals surface area (Å²) < 4.78 is 6.23. The Hall–Kier alpha value is -1.03. The van der Waals surface area contributed by atoms with Gasteiger partial charge in [0.1, 0.15) is 5.75 Å². The zero-order valence-electron chi connectivity index (χ0n) is 12.4. The summed E-state index contributed by atoms with van der Waals surface area (Å²) in [5.74, 6) is 0.848. The van der Waals surface area contributed by atoms with E-state index in [-0.39, 0.29) is 6.04 Å². The molecule has 0 fully saturated rings. The molecule has 0 N–H and O–H groups in total. The second-order valence-corrected chi connectivity index (χ2v) is 6.34. The van der Waals surface area contributed by atoms with Gasteiger partial charge in [0.2, 0.25) is 0 Å². The number of hydrogen-bond donors (Lipinski definition) is 0. The number of methoxy groups -OCH3 is 1. The van der Waals surface area contributed by atoms with E-state index < -0.39 is 0 Å². The molecule has 21 heavy (non-hydrogen) atoms. The average Bonchev–Trinajstić information content (AvgIpc) is 2.47. The molecule has 0 aliphatic carbocycles. The van der Waals surface area contributed by atoms with Crippen LogP contribution in [0.1, 0.15) is 24.1 Å². The van der Waals surface area contributed by atoms with E-state index >= 15 is 0 Å². The van der Waals surface area contributed by atoms with Crippen molar-refractivity contribution in [1.82, 2.24) is 4.90 Å². The Morgan fingerprint density at radius 3 is 2.57 bits per heavy atom. The predicted octanol–water partition coefficient (Wildman–Crippen LogP) is 5.30. The average molecular weight is 369 g/mol. The third-order valence-electron chi connectivity index (χ3n) is 3.66. The number of hydrogen-bond acceptors (Lipinski definition) is 2. The summed E-state index contributed by atoms with van der Waals surface area (Å²) in [6.45, 7) is 3.01. The highest BCUT2D eigenvalue weighted by molar-refractivity contribution is 9.10. The summed E-state index contributed by atoms with van der Waals surface area (Å²) in [4.78, 5) is 2.27. The van der Waals surface area contributed by atoms with Crippen molar-refractivity contribution in [3.05, 3.63) is 63.1 Å². The summed E-state index contributed by atoms with van der Waals surface area (Å²) in [6.07, 6.45) is 0. The van der Waals surface area contributed by atoms with Crippen molar-refractivity contribution < 1.29 is 4.74 Å². The summed E-state index contributed by atoms with van der Waals surface area (Å²) in [7, 11) is 3.78. The molecule has 0 saturated heterocycles. The molecule has 2 aromatic rings. The summed E-state index contributed by atoms with van der Waals surface area (Å²) in [5, 5.41) is 0.813. The Kier molecular flexibility index (Phi) is 5.68. The first kappa shape index (κ1) is 16.3. The second-order valence-electron chi connectivity index (χ2n) is 5.08. The zero-order valence-corrected chi connectivity index (χ0v) is 14.8. The molecule has 2 aromatic carbocycles. The molecule has 2 rings (SSSR count). The number of halogens is 2. The van der Waals surface area contributed by atoms with Gasteiger partial charge in [0.05, 0.1) is 11.6 Å². The van der Waals surface area contributed by atoms with Crippen molar-refractivity contribution in [3.8, 4) is 5.75 Å². The number of nitrogens with zero attached hydrogens (tertiary/aromatic N) is 1. The molecular weight excluding hydrogens is 350 g/mol. The van der Waals surface area contributed by atoms with E-state index in [2.05, 4.69) is 53.0 Å². The van der Waals surface area contributed by atoms with Gasteiger partial charge in [-0.3, -0.25) is 4.90 Å². The maximum Gasteiger partial charge on any atom is 0.133 e. The van der Waals surface area contributed by atoms with Crippen LogP contribution < -0.4 is 4.74 Å². The lowest BCUT2D eigenvalue weighted by atomic mass is 10.1. The van der Waals surface area contributed by atoms with Gasteiger partial charge in [-0.05, 0) is 59.2 Å². The second kappa shape index (κ2) is 7.30. The quantitative estimate of drug-likeness (QED) is 0.709. The van der Waals surface area contributed by atoms with Crippen LogP contribution in [0.25, 0.3) is 0 Å². The van der Waals surface area contributed by atoms with E-state index in [0.29, 0.717) is 0 Å². The van der Waals surface area contributed by atoms with E-state index in [4.69, 9.17) is 16.3 Å². The van der Waals surface area contributed by atoms with Gasteiger partial charge in [-0.25, -0.2) is 0 Å². The van der Waals surface area contributed by atoms with Gasteiger partial charge >= 0.3 is 0 Å². The molecule has 0 spiro atoms. The Labute approximate surface area is 139 Å². The number of rotatable bonds is 5. The van der Waals surface area contributed by atoms with Gasteiger partial charge in [-0.15, -0.1) is 0 Å². The highest BCUT2D eigenvalue weighted by Crippen LogP contribution is 2.29. The Morgan fingerprint density at radius 2 is 1.95 bits per heavy atom. The van der Waals surface area contributed by atoms with Gasteiger partial charge in [0.25, 0.3) is 0 Å². The predicted molar refractivity (Wildman–Crippen MR) is 92.0 cm³/mol. The number of benzene rings is 2. The van der Waals surface area contributed by atoms with Crippen molar-refractivity contribution in [3.63, 3.8) is 0 Å². The van der Waals surface area contributed by atoms with Crippen LogP contribution in [0.3, 0.4) is 0 Å². The van der Waals surface area contributed by atoms with Crippen LogP contribution in [-0.2, 0) is 6.54 Å². The lowest BCUT2D eigenvalue weighted by Crippen LogP contribution is -2.22. The largest absolute Gasteiger partial charge is 0.496 e. The minimum Gasteiger partial charge on any atom is -0.496 e. The van der Waals surface area contributed by atoms with Crippen LogP contribution in [0.15, 0.2) is 46.9 Å². The molecular formula is C17H19BrClNO. The van der Waals surface area contributed by atoms with E-state index in [9.17, 15) is 0 Å². The Bertz CT molecular complexity index is 617. The standard InChI is InChI=1S/C17H19BrClNO/c1-12(14-6-4-5-7-16(14)19)20(2)11-13-8-9-17(21-3)15(18)10-13/h4-10,12H,11H2,1-3H3. The third kappa shape index (κ3) is 4.00. The van der Waals surface area contributed by atoms with Gasteiger partial charge < -0.3 is 4.74 Å². The molecule has 4 heteroatoms. The molecule has 0 aliphatic heterocycles. The molecule has 112 valence electrons. The summed E-state index contributed by atoms with van der Waals surface area (Å²) in [5.41, 5.74) is 2.37. The van der Waals surface area contributed by atoms with Crippen molar-refractivity contribution in [2.24, 2.45) is 0 Å². The maximum atomic E-state index is 6.28. The summed E-state index contributed by atoms with van der Waals surface area (Å²) >= 11 is 9.81. The number of ether oxygens (including phenoxy) is 1. The monoisotopic (exact) mass is 367 g/mol. The molecule has 0 aliphatic rings. The van der Waals surface area contributed by atoms with Crippen molar-refractivity contribution in [2.75, 3.05) is 14.2 Å². The molecule has 0 saturated carbocycles. The van der Waals surface area contributed by atoms with E-state index in [0.717, 1.165) is 27.4 Å². The molecule has 0 bridgehead atoms. The lowest BCUT2D eigenvalue weighted by Gasteiger charge is -2.26. The molecule has 0 aromatic heterocycles. The van der Waals surface area contributed by atoms with Crippen LogP contribution in [-0.4, -0.2) is 19.1 Å². The fourth-order valence-electron chi connectivity index (χ4n) is 2.28. The SMILES string of the molecule is COc1ccc(CN(C)C(C)c2ccccc2Cl)cc1Br. The Balaban J connectivity index is 2.12. The first-order chi connectivity index (χ1) is 10.0. The van der Waals surface area contributed by atoms with E-state index in [1.807, 2.05) is 24.3 Å². The van der Waals surface area contributed by atoms with Crippen molar-refractivity contribution >= 4 is 27.5 Å². The van der Waals surface area contributed by atoms with E-state index in [1.165, 1.54) is 5.56 Å². The molecule has 0 heterocycles. The first-order valence-electron chi connectivity index (χ1n) is 6.80. The van der Waals surface area contributed by atoms with Crippen LogP contribution in [0.4, 0.5) is 0 Å². The topological polar surface area (TPSA) is 12.5 Å². The smallest absolute Gasteiger partial charge is 0.133 e. The third-order valence-corrected chi connectivity index (χ3v) is 4.63. The molecule has 0 radical (unpaired) electrons. The maximum absolute atomic E-state index is 6.28. The van der Waals surface area contributed by atoms with Crippen LogP contribution in [0.2, 0.25) is 5.02 Å². The fourth-order valence-corrected chi connectivity index (χ4v) is 3.17. The molecule has 1 unspecified atom stereocenters. The fraction of sp³-hybridized carbons (Fsp3) is 0.294. The summed E-state index contributed by atoms with van der Waals surface area (Å²) in [6, 6.07) is 14.4. The molecule has 1 atom stereocenters. The van der Waals surface area contributed by atoms with Crippen LogP contribution in [0.5, 0.6) is 5.75 Å². The van der Waals surface area contributed by atoms with Gasteiger partial charge in [-0.1, -0.05) is 35.9 Å². The van der Waals surface area contributed by atoms with E-state index in [1.54, 1.807) is 7.11 Å². The highest BCUT2D eigenvalue weighted by Gasteiger charge is 2.15.